The molecule has 0 saturated heterocycles. The number of rotatable bonds is 5. The average Bonchev–Trinajstić information content (AvgIpc) is 2.34. The molecule has 7 heteroatoms. The Balaban J connectivity index is 3.03. The first-order valence-electron chi connectivity index (χ1n) is 5.91. The second-order valence-electron chi connectivity index (χ2n) is 4.49. The molecular formula is C13H14F3NO3. The molecule has 1 rings (SSSR count). The quantitative estimate of drug-likeness (QED) is 0.847. The van der Waals surface area contributed by atoms with Crippen LogP contribution in [0.3, 0.4) is 0 Å². The number of aliphatic carboxylic acids is 1. The van der Waals surface area contributed by atoms with Gasteiger partial charge in [-0.1, -0.05) is 0 Å². The van der Waals surface area contributed by atoms with Gasteiger partial charge in [-0.2, -0.15) is 0 Å². The van der Waals surface area contributed by atoms with Gasteiger partial charge < -0.3 is 10.0 Å². The van der Waals surface area contributed by atoms with E-state index in [1.165, 1.54) is 0 Å². The van der Waals surface area contributed by atoms with Gasteiger partial charge in [0.15, 0.2) is 17.5 Å². The minimum Gasteiger partial charge on any atom is -0.481 e. The molecule has 0 aromatic heterocycles. The van der Waals surface area contributed by atoms with E-state index >= 15 is 0 Å². The summed E-state index contributed by atoms with van der Waals surface area (Å²) in [6, 6.07) is 0.825. The van der Waals surface area contributed by atoms with Gasteiger partial charge >= 0.3 is 5.97 Å². The Kier molecular flexibility index (Phi) is 5.12. The molecule has 1 aromatic rings. The predicted molar refractivity (Wildman–Crippen MR) is 64.7 cm³/mol. The molecule has 1 aromatic carbocycles. The second-order valence-corrected chi connectivity index (χ2v) is 4.49. The van der Waals surface area contributed by atoms with Crippen LogP contribution in [0.2, 0.25) is 0 Å². The van der Waals surface area contributed by atoms with E-state index in [4.69, 9.17) is 5.11 Å². The SMILES string of the molecule is CC(C)N(CCC(=O)O)C(=O)c1cc(F)c(F)c(F)c1. The van der Waals surface area contributed by atoms with Crippen LogP contribution in [0.4, 0.5) is 13.2 Å². The largest absolute Gasteiger partial charge is 0.481 e. The first kappa shape index (κ1) is 16.0. The van der Waals surface area contributed by atoms with Crippen molar-refractivity contribution in [3.8, 4) is 0 Å². The van der Waals surface area contributed by atoms with E-state index < -0.39 is 29.3 Å². The molecule has 1 N–H and O–H groups in total. The molecule has 110 valence electrons. The van der Waals surface area contributed by atoms with Gasteiger partial charge in [0.2, 0.25) is 0 Å². The van der Waals surface area contributed by atoms with Gasteiger partial charge in [-0.3, -0.25) is 9.59 Å². The fourth-order valence-corrected chi connectivity index (χ4v) is 1.66. The molecule has 0 radical (unpaired) electrons. The summed E-state index contributed by atoms with van der Waals surface area (Å²) in [5.41, 5.74) is -0.361. The Morgan fingerprint density at radius 2 is 1.70 bits per heavy atom. The summed E-state index contributed by atoms with van der Waals surface area (Å²) in [6.07, 6.45) is -0.296. The highest BCUT2D eigenvalue weighted by molar-refractivity contribution is 5.94. The van der Waals surface area contributed by atoms with Crippen LogP contribution in [0.25, 0.3) is 0 Å². The lowest BCUT2D eigenvalue weighted by molar-refractivity contribution is -0.137. The minimum absolute atomic E-state index is 0.105. The number of hydrogen-bond acceptors (Lipinski definition) is 2. The van der Waals surface area contributed by atoms with Crippen LogP contribution < -0.4 is 0 Å². The molecule has 0 heterocycles. The summed E-state index contributed by atoms with van der Waals surface area (Å²) >= 11 is 0. The maximum atomic E-state index is 13.1. The lowest BCUT2D eigenvalue weighted by atomic mass is 10.1. The number of nitrogens with zero attached hydrogens (tertiary/aromatic N) is 1. The van der Waals surface area contributed by atoms with Crippen LogP contribution in [0.5, 0.6) is 0 Å². The highest BCUT2D eigenvalue weighted by Crippen LogP contribution is 2.16. The van der Waals surface area contributed by atoms with Crippen molar-refractivity contribution in [3.63, 3.8) is 0 Å². The Bertz CT molecular complexity index is 509. The molecular weight excluding hydrogens is 275 g/mol. The monoisotopic (exact) mass is 289 g/mol. The number of carboxylic acids is 1. The van der Waals surface area contributed by atoms with Crippen LogP contribution in [-0.2, 0) is 4.79 Å². The first-order chi connectivity index (χ1) is 9.23. The third kappa shape index (κ3) is 3.72. The average molecular weight is 289 g/mol. The maximum Gasteiger partial charge on any atom is 0.305 e. The summed E-state index contributed by atoms with van der Waals surface area (Å²) in [4.78, 5) is 23.8. The van der Waals surface area contributed by atoms with Gasteiger partial charge in [-0.05, 0) is 26.0 Å². The van der Waals surface area contributed by atoms with Gasteiger partial charge in [0.05, 0.1) is 6.42 Å². The van der Waals surface area contributed by atoms with Crippen molar-refractivity contribution >= 4 is 11.9 Å². The number of amides is 1. The second kappa shape index (κ2) is 6.40. The third-order valence-electron chi connectivity index (χ3n) is 2.68. The van der Waals surface area contributed by atoms with Crippen molar-refractivity contribution in [2.75, 3.05) is 6.54 Å². The van der Waals surface area contributed by atoms with Gasteiger partial charge in [-0.15, -0.1) is 0 Å². The van der Waals surface area contributed by atoms with E-state index in [2.05, 4.69) is 0 Å². The Labute approximate surface area is 113 Å². The van der Waals surface area contributed by atoms with E-state index in [0.29, 0.717) is 12.1 Å². The van der Waals surface area contributed by atoms with Crippen LogP contribution in [0.15, 0.2) is 12.1 Å². The molecule has 0 aliphatic heterocycles. The number of carbonyl (C=O) groups excluding carboxylic acids is 1. The zero-order valence-corrected chi connectivity index (χ0v) is 11.0. The number of hydrogen-bond donors (Lipinski definition) is 1. The fourth-order valence-electron chi connectivity index (χ4n) is 1.66. The van der Waals surface area contributed by atoms with E-state index in [1.54, 1.807) is 13.8 Å². The molecule has 20 heavy (non-hydrogen) atoms. The highest BCUT2D eigenvalue weighted by atomic mass is 19.2. The number of halogens is 3. The summed E-state index contributed by atoms with van der Waals surface area (Å²) in [5.74, 6) is -6.42. The highest BCUT2D eigenvalue weighted by Gasteiger charge is 2.22. The molecule has 0 unspecified atom stereocenters. The summed E-state index contributed by atoms with van der Waals surface area (Å²) in [6.45, 7) is 3.17. The topological polar surface area (TPSA) is 57.6 Å². The minimum atomic E-state index is -1.65. The van der Waals surface area contributed by atoms with Crippen molar-refractivity contribution in [2.24, 2.45) is 0 Å². The van der Waals surface area contributed by atoms with Crippen LogP contribution in [0, 0.1) is 17.5 Å². The lowest BCUT2D eigenvalue weighted by Gasteiger charge is -2.26. The van der Waals surface area contributed by atoms with Crippen molar-refractivity contribution in [3.05, 3.63) is 35.1 Å². The smallest absolute Gasteiger partial charge is 0.305 e. The zero-order chi connectivity index (χ0) is 15.4. The van der Waals surface area contributed by atoms with E-state index in [-0.39, 0.29) is 24.6 Å². The number of benzene rings is 1. The van der Waals surface area contributed by atoms with E-state index in [1.807, 2.05) is 0 Å². The first-order valence-corrected chi connectivity index (χ1v) is 5.91. The normalized spacial score (nSPS) is 10.7. The Morgan fingerprint density at radius 1 is 1.20 bits per heavy atom. The van der Waals surface area contributed by atoms with Gasteiger partial charge in [0.1, 0.15) is 0 Å². The Hall–Kier alpha value is -2.05. The molecule has 0 spiro atoms. The molecule has 0 aliphatic rings. The molecule has 0 saturated carbocycles. The summed E-state index contributed by atoms with van der Waals surface area (Å²) in [5, 5.41) is 8.61. The molecule has 0 bridgehead atoms. The van der Waals surface area contributed by atoms with Gasteiger partial charge in [0, 0.05) is 18.2 Å². The predicted octanol–water partition coefficient (Wildman–Crippen LogP) is 2.43. The fraction of sp³-hybridized carbons (Fsp3) is 0.385. The lowest BCUT2D eigenvalue weighted by Crippen LogP contribution is -2.38. The number of carbonyl (C=O) groups is 2. The third-order valence-corrected chi connectivity index (χ3v) is 2.68. The molecule has 4 nitrogen and oxygen atoms in total. The maximum absolute atomic E-state index is 13.1. The van der Waals surface area contributed by atoms with Crippen LogP contribution in [0.1, 0.15) is 30.6 Å². The summed E-state index contributed by atoms with van der Waals surface area (Å²) < 4.78 is 39.0. The number of carboxylic acid groups (broad SMARTS) is 1. The standard InChI is InChI=1S/C13H14F3NO3/c1-7(2)17(4-3-11(18)19)13(20)8-5-9(14)12(16)10(15)6-8/h5-7H,3-4H2,1-2H3,(H,18,19). The van der Waals surface area contributed by atoms with Crippen LogP contribution in [-0.4, -0.2) is 34.5 Å². The van der Waals surface area contributed by atoms with Crippen molar-refractivity contribution < 1.29 is 27.9 Å². The van der Waals surface area contributed by atoms with E-state index in [9.17, 15) is 22.8 Å². The van der Waals surface area contributed by atoms with Crippen LogP contribution >= 0.6 is 0 Å². The van der Waals surface area contributed by atoms with Gasteiger partial charge in [-0.25, -0.2) is 13.2 Å². The van der Waals surface area contributed by atoms with Crippen molar-refractivity contribution in [2.45, 2.75) is 26.3 Å². The van der Waals surface area contributed by atoms with Gasteiger partial charge in [0.25, 0.3) is 5.91 Å². The Morgan fingerprint density at radius 3 is 2.10 bits per heavy atom. The van der Waals surface area contributed by atoms with Crippen molar-refractivity contribution in [1.82, 2.24) is 4.90 Å². The summed E-state index contributed by atoms with van der Waals surface area (Å²) in [7, 11) is 0. The molecule has 0 fully saturated rings. The van der Waals surface area contributed by atoms with Crippen molar-refractivity contribution in [1.29, 1.82) is 0 Å². The molecule has 0 aliphatic carbocycles. The molecule has 1 amide bonds. The molecule has 0 atom stereocenters. The zero-order valence-electron chi connectivity index (χ0n) is 11.0. The van der Waals surface area contributed by atoms with E-state index in [0.717, 1.165) is 4.90 Å².